The summed E-state index contributed by atoms with van der Waals surface area (Å²) in [7, 11) is 0. The van der Waals surface area contributed by atoms with E-state index < -0.39 is 5.91 Å². The number of aromatic nitrogens is 2. The highest BCUT2D eigenvalue weighted by Crippen LogP contribution is 2.31. The second-order valence-corrected chi connectivity index (χ2v) is 3.01. The van der Waals surface area contributed by atoms with Gasteiger partial charge in [-0.15, -0.1) is 10.2 Å². The van der Waals surface area contributed by atoms with Gasteiger partial charge in [0, 0.05) is 6.42 Å². The van der Waals surface area contributed by atoms with E-state index in [1.165, 1.54) is 12.8 Å². The number of nitrogens with two attached hydrogens (primary N) is 1. The van der Waals surface area contributed by atoms with Crippen LogP contribution in [0.1, 0.15) is 29.4 Å². The fourth-order valence-corrected chi connectivity index (χ4v) is 1.00. The molecule has 1 aliphatic carbocycles. The average Bonchev–Trinajstić information content (AvgIpc) is 2.66. The lowest BCUT2D eigenvalue weighted by Gasteiger charge is -1.86. The maximum absolute atomic E-state index is 10.5. The van der Waals surface area contributed by atoms with Crippen molar-refractivity contribution in [3.63, 3.8) is 0 Å². The van der Waals surface area contributed by atoms with Gasteiger partial charge >= 0.3 is 11.8 Å². The normalized spacial score (nSPS) is 16.3. The zero-order valence-electron chi connectivity index (χ0n) is 6.49. The Labute approximate surface area is 69.0 Å². The Bertz CT molecular complexity index is 303. The summed E-state index contributed by atoms with van der Waals surface area (Å²) in [6, 6.07) is 0. The zero-order valence-corrected chi connectivity index (χ0v) is 6.49. The van der Waals surface area contributed by atoms with Crippen molar-refractivity contribution >= 4 is 5.91 Å². The minimum absolute atomic E-state index is 0.0920. The molecule has 0 aliphatic heterocycles. The first-order valence-corrected chi connectivity index (χ1v) is 3.88. The molecule has 1 aromatic heterocycles. The van der Waals surface area contributed by atoms with Crippen LogP contribution >= 0.6 is 0 Å². The van der Waals surface area contributed by atoms with Gasteiger partial charge in [0.05, 0.1) is 0 Å². The molecule has 12 heavy (non-hydrogen) atoms. The van der Waals surface area contributed by atoms with E-state index in [-0.39, 0.29) is 5.89 Å². The Morgan fingerprint density at radius 2 is 2.33 bits per heavy atom. The van der Waals surface area contributed by atoms with Gasteiger partial charge < -0.3 is 10.2 Å². The van der Waals surface area contributed by atoms with E-state index in [0.29, 0.717) is 11.8 Å². The highest BCUT2D eigenvalue weighted by Gasteiger charge is 2.24. The number of nitrogens with zero attached hydrogens (tertiary/aromatic N) is 2. The van der Waals surface area contributed by atoms with Crippen molar-refractivity contribution < 1.29 is 9.21 Å². The van der Waals surface area contributed by atoms with Crippen LogP contribution in [0.3, 0.4) is 0 Å². The summed E-state index contributed by atoms with van der Waals surface area (Å²) in [6.45, 7) is 0. The first-order chi connectivity index (χ1) is 5.75. The second kappa shape index (κ2) is 2.58. The van der Waals surface area contributed by atoms with Gasteiger partial charge in [-0.25, -0.2) is 0 Å². The van der Waals surface area contributed by atoms with E-state index in [9.17, 15) is 4.79 Å². The maximum atomic E-state index is 10.5. The van der Waals surface area contributed by atoms with Crippen LogP contribution in [-0.4, -0.2) is 16.1 Å². The maximum Gasteiger partial charge on any atom is 0.306 e. The number of hydrogen-bond acceptors (Lipinski definition) is 4. The smallest absolute Gasteiger partial charge is 0.306 e. The summed E-state index contributed by atoms with van der Waals surface area (Å²) in [5.74, 6) is 0.438. The van der Waals surface area contributed by atoms with E-state index in [0.717, 1.165) is 6.42 Å². The summed E-state index contributed by atoms with van der Waals surface area (Å²) in [6.07, 6.45) is 3.21. The van der Waals surface area contributed by atoms with Crippen LogP contribution in [-0.2, 0) is 6.42 Å². The Morgan fingerprint density at radius 3 is 2.83 bits per heavy atom. The van der Waals surface area contributed by atoms with Crippen LogP contribution in [0, 0.1) is 5.92 Å². The summed E-state index contributed by atoms with van der Waals surface area (Å²) in [5, 5.41) is 7.21. The third kappa shape index (κ3) is 1.44. The minimum atomic E-state index is -0.662. The van der Waals surface area contributed by atoms with Gasteiger partial charge in [0.2, 0.25) is 5.89 Å². The van der Waals surface area contributed by atoms with Crippen LogP contribution in [0.15, 0.2) is 4.42 Å². The topological polar surface area (TPSA) is 82.0 Å². The molecule has 0 radical (unpaired) electrons. The van der Waals surface area contributed by atoms with Gasteiger partial charge in [0.25, 0.3) is 0 Å². The first-order valence-electron chi connectivity index (χ1n) is 3.88. The molecule has 1 aliphatic rings. The summed E-state index contributed by atoms with van der Waals surface area (Å²) in [5.41, 5.74) is 4.94. The van der Waals surface area contributed by atoms with Gasteiger partial charge in [0.15, 0.2) is 0 Å². The predicted octanol–water partition coefficient (Wildman–Crippen LogP) is 0.121. The number of carbonyl (C=O) groups excluding carboxylic acids is 1. The molecule has 1 aromatic rings. The molecule has 2 rings (SSSR count). The van der Waals surface area contributed by atoms with Crippen LogP contribution in [0.25, 0.3) is 0 Å². The molecule has 1 heterocycles. The quantitative estimate of drug-likeness (QED) is 0.693. The molecular formula is C7H9N3O2. The van der Waals surface area contributed by atoms with Crippen LogP contribution in [0.5, 0.6) is 0 Å². The van der Waals surface area contributed by atoms with Crippen molar-refractivity contribution in [1.29, 1.82) is 0 Å². The van der Waals surface area contributed by atoms with Crippen LogP contribution in [0.2, 0.25) is 0 Å². The lowest BCUT2D eigenvalue weighted by atomic mass is 10.3. The predicted molar refractivity (Wildman–Crippen MR) is 39.2 cm³/mol. The third-order valence-corrected chi connectivity index (χ3v) is 1.84. The van der Waals surface area contributed by atoms with Crippen molar-refractivity contribution in [3.8, 4) is 0 Å². The van der Waals surface area contributed by atoms with Gasteiger partial charge in [-0.05, 0) is 18.8 Å². The summed E-state index contributed by atoms with van der Waals surface area (Å²) in [4.78, 5) is 10.5. The van der Waals surface area contributed by atoms with Gasteiger partial charge in [-0.2, -0.15) is 0 Å². The van der Waals surface area contributed by atoms with Crippen LogP contribution < -0.4 is 5.73 Å². The molecule has 1 fully saturated rings. The number of rotatable bonds is 3. The molecule has 0 atom stereocenters. The second-order valence-electron chi connectivity index (χ2n) is 3.01. The third-order valence-electron chi connectivity index (χ3n) is 1.84. The molecule has 0 aromatic carbocycles. The Balaban J connectivity index is 2.06. The van der Waals surface area contributed by atoms with Crippen molar-refractivity contribution in [2.75, 3.05) is 0 Å². The highest BCUT2D eigenvalue weighted by molar-refractivity contribution is 5.87. The molecule has 64 valence electrons. The van der Waals surface area contributed by atoms with E-state index >= 15 is 0 Å². The van der Waals surface area contributed by atoms with Crippen molar-refractivity contribution in [2.24, 2.45) is 11.7 Å². The largest absolute Gasteiger partial charge is 0.417 e. The highest BCUT2D eigenvalue weighted by atomic mass is 16.4. The monoisotopic (exact) mass is 167 g/mol. The van der Waals surface area contributed by atoms with Crippen LogP contribution in [0.4, 0.5) is 0 Å². The van der Waals surface area contributed by atoms with Crippen molar-refractivity contribution in [1.82, 2.24) is 10.2 Å². The SMILES string of the molecule is NC(=O)c1nnc(CC2CC2)o1. The molecular weight excluding hydrogens is 158 g/mol. The Kier molecular flexibility index (Phi) is 1.56. The van der Waals surface area contributed by atoms with Crippen molar-refractivity contribution in [3.05, 3.63) is 11.8 Å². The molecule has 1 amide bonds. The lowest BCUT2D eigenvalue weighted by Crippen LogP contribution is -2.11. The fraction of sp³-hybridized carbons (Fsp3) is 0.571. The molecule has 5 heteroatoms. The fourth-order valence-electron chi connectivity index (χ4n) is 1.00. The van der Waals surface area contributed by atoms with E-state index in [1.54, 1.807) is 0 Å². The van der Waals surface area contributed by atoms with Crippen molar-refractivity contribution in [2.45, 2.75) is 19.3 Å². The minimum Gasteiger partial charge on any atom is -0.417 e. The van der Waals surface area contributed by atoms with E-state index in [4.69, 9.17) is 10.2 Å². The lowest BCUT2D eigenvalue weighted by molar-refractivity contribution is 0.0965. The van der Waals surface area contributed by atoms with E-state index in [1.807, 2.05) is 0 Å². The number of amides is 1. The average molecular weight is 167 g/mol. The number of hydrogen-bond donors (Lipinski definition) is 1. The standard InChI is InChI=1S/C7H9N3O2/c8-6(11)7-10-9-5(12-7)3-4-1-2-4/h4H,1-3H2,(H2,8,11). The van der Waals surface area contributed by atoms with Gasteiger partial charge in [0.1, 0.15) is 0 Å². The molecule has 0 unspecified atom stereocenters. The van der Waals surface area contributed by atoms with Gasteiger partial charge in [-0.3, -0.25) is 4.79 Å². The van der Waals surface area contributed by atoms with E-state index in [2.05, 4.69) is 10.2 Å². The molecule has 0 spiro atoms. The number of carbonyl (C=O) groups is 1. The summed E-state index contributed by atoms with van der Waals surface area (Å²) < 4.78 is 5.00. The number of primary amides is 1. The first kappa shape index (κ1) is 7.27. The Morgan fingerprint density at radius 1 is 1.58 bits per heavy atom. The molecule has 0 saturated heterocycles. The molecule has 2 N–H and O–H groups in total. The van der Waals surface area contributed by atoms with Gasteiger partial charge in [-0.1, -0.05) is 0 Å². The summed E-state index contributed by atoms with van der Waals surface area (Å²) >= 11 is 0. The zero-order chi connectivity index (χ0) is 8.55. The molecule has 1 saturated carbocycles. The molecule has 0 bridgehead atoms. The molecule has 5 nitrogen and oxygen atoms in total. The Hall–Kier alpha value is -1.39.